The first-order chi connectivity index (χ1) is 17.2. The lowest BCUT2D eigenvalue weighted by atomic mass is 9.90. The molecule has 1 saturated heterocycles. The maximum absolute atomic E-state index is 10.6. The van der Waals surface area contributed by atoms with E-state index in [1.807, 2.05) is 45.6 Å². The summed E-state index contributed by atoms with van der Waals surface area (Å²) in [6.45, 7) is 8.34. The van der Waals surface area contributed by atoms with E-state index in [1.165, 1.54) is 0 Å². The maximum atomic E-state index is 10.6. The van der Waals surface area contributed by atoms with Crippen molar-refractivity contribution in [2.24, 2.45) is 5.92 Å². The summed E-state index contributed by atoms with van der Waals surface area (Å²) in [6.07, 6.45) is 2.52. The maximum Gasteiger partial charge on any atom is 0.145 e. The molecular formula is C27H34N6O2S. The SMILES string of the molecule is C[C@H](CN(C)C)Oc1cc(N2CC[C@H](C(C)(C)O)C2)cc2ncnc(Nc3ccc4ncsc4c3)c12. The fourth-order valence-corrected chi connectivity index (χ4v) is 5.64. The van der Waals surface area contributed by atoms with Crippen molar-refractivity contribution >= 4 is 49.6 Å². The molecule has 0 saturated carbocycles. The van der Waals surface area contributed by atoms with Gasteiger partial charge in [0.2, 0.25) is 0 Å². The van der Waals surface area contributed by atoms with Crippen LogP contribution in [0.25, 0.3) is 21.1 Å². The molecule has 8 nitrogen and oxygen atoms in total. The summed E-state index contributed by atoms with van der Waals surface area (Å²) in [5.74, 6) is 1.68. The third kappa shape index (κ3) is 5.23. The molecule has 2 aromatic carbocycles. The number of ether oxygens (including phenoxy) is 1. The molecule has 4 aromatic rings. The van der Waals surface area contributed by atoms with Crippen LogP contribution in [0.3, 0.4) is 0 Å². The van der Waals surface area contributed by atoms with E-state index in [0.717, 1.165) is 64.3 Å². The normalized spacial score (nSPS) is 17.3. The van der Waals surface area contributed by atoms with Crippen molar-refractivity contribution in [2.45, 2.75) is 38.9 Å². The van der Waals surface area contributed by atoms with Crippen molar-refractivity contribution in [3.05, 3.63) is 42.2 Å². The smallest absolute Gasteiger partial charge is 0.145 e. The Bertz CT molecular complexity index is 1370. The number of benzene rings is 2. The van der Waals surface area contributed by atoms with Crippen molar-refractivity contribution < 1.29 is 9.84 Å². The lowest BCUT2D eigenvalue weighted by Crippen LogP contribution is -2.33. The Morgan fingerprint density at radius 1 is 1.19 bits per heavy atom. The Labute approximate surface area is 216 Å². The minimum Gasteiger partial charge on any atom is -0.488 e. The zero-order chi connectivity index (χ0) is 25.4. The van der Waals surface area contributed by atoms with Gasteiger partial charge < -0.3 is 25.0 Å². The number of anilines is 3. The fraction of sp³-hybridized carbons (Fsp3) is 0.444. The predicted molar refractivity (Wildman–Crippen MR) is 148 cm³/mol. The summed E-state index contributed by atoms with van der Waals surface area (Å²) >= 11 is 1.61. The molecule has 2 N–H and O–H groups in total. The molecule has 0 aliphatic carbocycles. The number of nitrogens with zero attached hydrogens (tertiary/aromatic N) is 5. The number of hydrogen-bond acceptors (Lipinski definition) is 9. The molecule has 0 unspecified atom stereocenters. The van der Waals surface area contributed by atoms with Crippen LogP contribution >= 0.6 is 11.3 Å². The number of hydrogen-bond donors (Lipinski definition) is 2. The second kappa shape index (κ2) is 9.80. The second-order valence-electron chi connectivity index (χ2n) is 10.5. The molecule has 1 fully saturated rings. The van der Waals surface area contributed by atoms with Gasteiger partial charge >= 0.3 is 0 Å². The van der Waals surface area contributed by atoms with Crippen LogP contribution < -0.4 is 15.0 Å². The zero-order valence-electron chi connectivity index (χ0n) is 21.5. The lowest BCUT2D eigenvalue weighted by Gasteiger charge is -2.27. The average molecular weight is 507 g/mol. The van der Waals surface area contributed by atoms with Crippen molar-refractivity contribution in [3.63, 3.8) is 0 Å². The summed E-state index contributed by atoms with van der Waals surface area (Å²) in [5.41, 5.74) is 4.95. The molecule has 1 aliphatic heterocycles. The quantitative estimate of drug-likeness (QED) is 0.349. The number of rotatable bonds is 8. The highest BCUT2D eigenvalue weighted by atomic mass is 32.1. The molecule has 5 rings (SSSR count). The van der Waals surface area contributed by atoms with Gasteiger partial charge in [0.05, 0.1) is 32.2 Å². The van der Waals surface area contributed by atoms with E-state index in [-0.39, 0.29) is 12.0 Å². The standard InChI is InChI=1S/C27H34N6O2S/c1-17(13-32(4)5)35-23-12-20(33-9-8-18(14-33)27(2,3)34)11-22-25(23)26(29-15-28-22)31-19-6-7-21-24(10-19)36-16-30-21/h6-7,10-12,15-18,34H,8-9,13-14H2,1-5H3,(H,28,29,31)/t17-,18+/m1/s1. The van der Waals surface area contributed by atoms with Gasteiger partial charge in [-0.25, -0.2) is 15.0 Å². The molecule has 9 heteroatoms. The number of likely N-dealkylation sites (N-methyl/N-ethyl adjacent to an activating group) is 1. The number of aliphatic hydroxyl groups is 1. The number of aromatic nitrogens is 3. The molecule has 2 atom stereocenters. The molecule has 0 radical (unpaired) electrons. The molecule has 2 aromatic heterocycles. The molecular weight excluding hydrogens is 472 g/mol. The van der Waals surface area contributed by atoms with E-state index in [0.29, 0.717) is 5.82 Å². The first kappa shape index (κ1) is 24.7. The van der Waals surface area contributed by atoms with Gasteiger partial charge in [0.25, 0.3) is 0 Å². The Kier molecular flexibility index (Phi) is 6.72. The van der Waals surface area contributed by atoms with Crippen molar-refractivity contribution in [1.29, 1.82) is 0 Å². The summed E-state index contributed by atoms with van der Waals surface area (Å²) in [5, 5.41) is 14.9. The molecule has 0 spiro atoms. The first-order valence-corrected chi connectivity index (χ1v) is 13.2. The van der Waals surface area contributed by atoms with E-state index >= 15 is 0 Å². The Balaban J connectivity index is 1.54. The van der Waals surface area contributed by atoms with Crippen LogP contribution in [0.1, 0.15) is 27.2 Å². The van der Waals surface area contributed by atoms with E-state index < -0.39 is 5.60 Å². The first-order valence-electron chi connectivity index (χ1n) is 12.3. The van der Waals surface area contributed by atoms with Crippen LogP contribution in [0.5, 0.6) is 5.75 Å². The Hall–Kier alpha value is -3.01. The molecule has 1 aliphatic rings. The summed E-state index contributed by atoms with van der Waals surface area (Å²) in [4.78, 5) is 18.0. The molecule has 0 bridgehead atoms. The Morgan fingerprint density at radius 2 is 2.03 bits per heavy atom. The van der Waals surface area contributed by atoms with Crippen LogP contribution in [-0.2, 0) is 0 Å². The van der Waals surface area contributed by atoms with Crippen LogP contribution in [0.15, 0.2) is 42.2 Å². The van der Waals surface area contributed by atoms with Crippen LogP contribution in [0.4, 0.5) is 17.2 Å². The molecule has 0 amide bonds. The third-order valence-corrected chi connectivity index (χ3v) is 7.58. The van der Waals surface area contributed by atoms with Gasteiger partial charge in [-0.3, -0.25) is 0 Å². The molecule has 36 heavy (non-hydrogen) atoms. The van der Waals surface area contributed by atoms with Crippen LogP contribution in [-0.4, -0.2) is 70.4 Å². The minimum atomic E-state index is -0.705. The predicted octanol–water partition coefficient (Wildman–Crippen LogP) is 4.91. The van der Waals surface area contributed by atoms with Gasteiger partial charge in [0.15, 0.2) is 0 Å². The van der Waals surface area contributed by atoms with E-state index in [2.05, 4.69) is 55.2 Å². The highest BCUT2D eigenvalue weighted by Crippen LogP contribution is 2.39. The van der Waals surface area contributed by atoms with Crippen molar-refractivity contribution in [1.82, 2.24) is 19.9 Å². The van der Waals surface area contributed by atoms with Crippen molar-refractivity contribution in [3.8, 4) is 5.75 Å². The van der Waals surface area contributed by atoms with E-state index in [9.17, 15) is 5.11 Å². The highest BCUT2D eigenvalue weighted by molar-refractivity contribution is 7.16. The topological polar surface area (TPSA) is 86.6 Å². The van der Waals surface area contributed by atoms with Crippen LogP contribution in [0.2, 0.25) is 0 Å². The van der Waals surface area contributed by atoms with E-state index in [4.69, 9.17) is 4.74 Å². The van der Waals surface area contributed by atoms with E-state index in [1.54, 1.807) is 17.7 Å². The minimum absolute atomic E-state index is 0.0252. The summed E-state index contributed by atoms with van der Waals surface area (Å²) in [7, 11) is 4.09. The second-order valence-corrected chi connectivity index (χ2v) is 11.4. The van der Waals surface area contributed by atoms with Gasteiger partial charge in [0, 0.05) is 43.0 Å². The summed E-state index contributed by atoms with van der Waals surface area (Å²) in [6, 6.07) is 10.3. The average Bonchev–Trinajstić information content (AvgIpc) is 3.48. The molecule has 190 valence electrons. The van der Waals surface area contributed by atoms with Gasteiger partial charge in [0.1, 0.15) is 24.0 Å². The lowest BCUT2D eigenvalue weighted by molar-refractivity contribution is 0.0263. The fourth-order valence-electron chi connectivity index (χ4n) is 4.92. The number of nitrogens with one attached hydrogen (secondary N) is 1. The Morgan fingerprint density at radius 3 is 2.78 bits per heavy atom. The summed E-state index contributed by atoms with van der Waals surface area (Å²) < 4.78 is 7.64. The van der Waals surface area contributed by atoms with Crippen molar-refractivity contribution in [2.75, 3.05) is 43.9 Å². The van der Waals surface area contributed by atoms with Gasteiger partial charge in [-0.15, -0.1) is 11.3 Å². The van der Waals surface area contributed by atoms with Gasteiger partial charge in [-0.05, 0) is 65.6 Å². The number of thiazole rings is 1. The monoisotopic (exact) mass is 506 g/mol. The van der Waals surface area contributed by atoms with Gasteiger partial charge in [-0.2, -0.15) is 0 Å². The number of fused-ring (bicyclic) bond motifs is 2. The third-order valence-electron chi connectivity index (χ3n) is 6.78. The molecule has 3 heterocycles. The highest BCUT2D eigenvalue weighted by Gasteiger charge is 2.34. The van der Waals surface area contributed by atoms with Crippen LogP contribution in [0, 0.1) is 5.92 Å². The van der Waals surface area contributed by atoms with Gasteiger partial charge in [-0.1, -0.05) is 0 Å². The zero-order valence-corrected chi connectivity index (χ0v) is 22.3. The largest absolute Gasteiger partial charge is 0.488 e.